The van der Waals surface area contributed by atoms with E-state index >= 15 is 0 Å². The third kappa shape index (κ3) is 5.41. The molecule has 1 amide bonds. The van der Waals surface area contributed by atoms with Crippen LogP contribution in [0.25, 0.3) is 0 Å². The van der Waals surface area contributed by atoms with Crippen LogP contribution in [-0.2, 0) is 4.79 Å². The van der Waals surface area contributed by atoms with Crippen LogP contribution in [0.5, 0.6) is 17.2 Å². The molecule has 0 heterocycles. The molecule has 1 N–H and O–H groups in total. The summed E-state index contributed by atoms with van der Waals surface area (Å²) in [5, 5.41) is 2.86. The molecule has 0 aliphatic rings. The van der Waals surface area contributed by atoms with Crippen molar-refractivity contribution >= 4 is 11.6 Å². The van der Waals surface area contributed by atoms with E-state index < -0.39 is 0 Å². The molecule has 0 fully saturated rings. The van der Waals surface area contributed by atoms with Crippen molar-refractivity contribution in [3.63, 3.8) is 0 Å². The predicted molar refractivity (Wildman–Crippen MR) is 98.8 cm³/mol. The van der Waals surface area contributed by atoms with Crippen molar-refractivity contribution in [3.05, 3.63) is 47.5 Å². The van der Waals surface area contributed by atoms with Crippen molar-refractivity contribution in [1.29, 1.82) is 0 Å². The van der Waals surface area contributed by atoms with E-state index in [1.807, 2.05) is 19.1 Å². The normalized spacial score (nSPS) is 10.2. The second-order valence-corrected chi connectivity index (χ2v) is 5.84. The topological polar surface area (TPSA) is 56.8 Å². The second-order valence-electron chi connectivity index (χ2n) is 5.84. The second kappa shape index (κ2) is 8.97. The molecule has 0 aromatic heterocycles. The van der Waals surface area contributed by atoms with Gasteiger partial charge in [0, 0.05) is 18.2 Å². The summed E-state index contributed by atoms with van der Waals surface area (Å²) in [6.07, 6.45) is 1.03. The van der Waals surface area contributed by atoms with Gasteiger partial charge in [-0.05, 0) is 44.0 Å². The summed E-state index contributed by atoms with van der Waals surface area (Å²) in [6.45, 7) is 4.57. The van der Waals surface area contributed by atoms with E-state index in [2.05, 4.69) is 18.3 Å². The minimum absolute atomic E-state index is 0.0588. The fourth-order valence-electron chi connectivity index (χ4n) is 2.51. The number of rotatable bonds is 8. The molecular formula is C20H25NO4. The smallest absolute Gasteiger partial charge is 0.224 e. The fraction of sp³-hybridized carbons (Fsp3) is 0.350. The van der Waals surface area contributed by atoms with Crippen molar-refractivity contribution in [2.24, 2.45) is 0 Å². The molecule has 0 bridgehead atoms. The quantitative estimate of drug-likeness (QED) is 0.733. The van der Waals surface area contributed by atoms with Gasteiger partial charge in [0.15, 0.2) is 11.5 Å². The minimum atomic E-state index is -0.0588. The largest absolute Gasteiger partial charge is 0.493 e. The molecule has 25 heavy (non-hydrogen) atoms. The molecule has 0 atom stereocenters. The SMILES string of the molecule is COc1ccc(NC(=O)CCCOc2ccc(C)cc2C)cc1OC. The average Bonchev–Trinajstić information content (AvgIpc) is 2.60. The van der Waals surface area contributed by atoms with Gasteiger partial charge in [-0.2, -0.15) is 0 Å². The van der Waals surface area contributed by atoms with Crippen molar-refractivity contribution < 1.29 is 19.0 Å². The molecule has 5 heteroatoms. The number of nitrogens with one attached hydrogen (secondary N) is 1. The molecule has 0 aliphatic carbocycles. The summed E-state index contributed by atoms with van der Waals surface area (Å²) < 4.78 is 16.2. The van der Waals surface area contributed by atoms with Crippen LogP contribution in [0.3, 0.4) is 0 Å². The lowest BCUT2D eigenvalue weighted by Gasteiger charge is -2.11. The van der Waals surface area contributed by atoms with Gasteiger partial charge in [0.2, 0.25) is 5.91 Å². The molecular weight excluding hydrogens is 318 g/mol. The standard InChI is InChI=1S/C20H25NO4/c1-14-7-9-17(15(2)12-14)25-11-5-6-20(22)21-16-8-10-18(23-3)19(13-16)24-4/h7-10,12-13H,5-6,11H2,1-4H3,(H,21,22). The van der Waals surface area contributed by atoms with Crippen LogP contribution in [0.15, 0.2) is 36.4 Å². The number of hydrogen-bond donors (Lipinski definition) is 1. The summed E-state index contributed by atoms with van der Waals surface area (Å²) >= 11 is 0. The Kier molecular flexibility index (Phi) is 6.69. The van der Waals surface area contributed by atoms with Gasteiger partial charge in [0.1, 0.15) is 5.75 Å². The first kappa shape index (κ1) is 18.6. The number of ether oxygens (including phenoxy) is 3. The van der Waals surface area contributed by atoms with Crippen LogP contribution in [0.2, 0.25) is 0 Å². The number of methoxy groups -OCH3 is 2. The Hall–Kier alpha value is -2.69. The monoisotopic (exact) mass is 343 g/mol. The van der Waals surface area contributed by atoms with Crippen LogP contribution in [0.4, 0.5) is 5.69 Å². The highest BCUT2D eigenvalue weighted by Crippen LogP contribution is 2.29. The van der Waals surface area contributed by atoms with Gasteiger partial charge >= 0.3 is 0 Å². The third-order valence-electron chi connectivity index (χ3n) is 3.80. The summed E-state index contributed by atoms with van der Waals surface area (Å²) in [7, 11) is 3.14. The summed E-state index contributed by atoms with van der Waals surface area (Å²) in [4.78, 5) is 12.1. The Balaban J connectivity index is 1.79. The van der Waals surface area contributed by atoms with Crippen molar-refractivity contribution in [2.75, 3.05) is 26.1 Å². The van der Waals surface area contributed by atoms with Crippen molar-refractivity contribution in [2.45, 2.75) is 26.7 Å². The molecule has 5 nitrogen and oxygen atoms in total. The molecule has 0 radical (unpaired) electrons. The molecule has 0 aliphatic heterocycles. The Morgan fingerprint density at radius 2 is 1.68 bits per heavy atom. The van der Waals surface area contributed by atoms with Crippen LogP contribution >= 0.6 is 0 Å². The van der Waals surface area contributed by atoms with E-state index in [1.165, 1.54) is 5.56 Å². The molecule has 0 spiro atoms. The number of hydrogen-bond acceptors (Lipinski definition) is 4. The van der Waals surface area contributed by atoms with Gasteiger partial charge in [-0.15, -0.1) is 0 Å². The van der Waals surface area contributed by atoms with Crippen molar-refractivity contribution in [1.82, 2.24) is 0 Å². The highest BCUT2D eigenvalue weighted by molar-refractivity contribution is 5.91. The van der Waals surface area contributed by atoms with Gasteiger partial charge in [-0.25, -0.2) is 0 Å². The van der Waals surface area contributed by atoms with E-state index in [4.69, 9.17) is 14.2 Å². The maximum atomic E-state index is 12.1. The lowest BCUT2D eigenvalue weighted by atomic mass is 10.1. The Labute approximate surface area is 148 Å². The lowest BCUT2D eigenvalue weighted by Crippen LogP contribution is -2.13. The van der Waals surface area contributed by atoms with E-state index in [9.17, 15) is 4.79 Å². The highest BCUT2D eigenvalue weighted by atomic mass is 16.5. The van der Waals surface area contributed by atoms with Gasteiger partial charge in [0.05, 0.1) is 20.8 Å². The number of anilines is 1. The van der Waals surface area contributed by atoms with Crippen LogP contribution in [-0.4, -0.2) is 26.7 Å². The molecule has 2 rings (SSSR count). The first-order valence-corrected chi connectivity index (χ1v) is 8.25. The molecule has 134 valence electrons. The first-order valence-electron chi connectivity index (χ1n) is 8.25. The number of carbonyl (C=O) groups excluding carboxylic acids is 1. The van der Waals surface area contributed by atoms with Gasteiger partial charge in [-0.3, -0.25) is 4.79 Å². The lowest BCUT2D eigenvalue weighted by molar-refractivity contribution is -0.116. The van der Waals surface area contributed by atoms with E-state index in [-0.39, 0.29) is 5.91 Å². The zero-order chi connectivity index (χ0) is 18.2. The number of carbonyl (C=O) groups is 1. The number of amides is 1. The van der Waals surface area contributed by atoms with E-state index in [0.29, 0.717) is 36.6 Å². The van der Waals surface area contributed by atoms with E-state index in [1.54, 1.807) is 32.4 Å². The molecule has 2 aromatic rings. The van der Waals surface area contributed by atoms with E-state index in [0.717, 1.165) is 11.3 Å². The van der Waals surface area contributed by atoms with Gasteiger partial charge in [-0.1, -0.05) is 17.7 Å². The molecule has 2 aromatic carbocycles. The molecule has 0 saturated carbocycles. The zero-order valence-corrected chi connectivity index (χ0v) is 15.2. The minimum Gasteiger partial charge on any atom is -0.493 e. The molecule has 0 saturated heterocycles. The summed E-state index contributed by atoms with van der Waals surface area (Å²) in [5.74, 6) is 2.02. The van der Waals surface area contributed by atoms with Crippen LogP contribution < -0.4 is 19.5 Å². The maximum absolute atomic E-state index is 12.1. The predicted octanol–water partition coefficient (Wildman–Crippen LogP) is 4.12. The third-order valence-corrected chi connectivity index (χ3v) is 3.80. The van der Waals surface area contributed by atoms with Gasteiger partial charge < -0.3 is 19.5 Å². The number of benzene rings is 2. The first-order chi connectivity index (χ1) is 12.0. The summed E-state index contributed by atoms with van der Waals surface area (Å²) in [5.41, 5.74) is 2.99. The van der Waals surface area contributed by atoms with Crippen molar-refractivity contribution in [3.8, 4) is 17.2 Å². The average molecular weight is 343 g/mol. The molecule has 0 unspecified atom stereocenters. The Morgan fingerprint density at radius 1 is 0.960 bits per heavy atom. The Bertz CT molecular complexity index is 728. The highest BCUT2D eigenvalue weighted by Gasteiger charge is 2.08. The Morgan fingerprint density at radius 3 is 2.36 bits per heavy atom. The van der Waals surface area contributed by atoms with Gasteiger partial charge in [0.25, 0.3) is 0 Å². The van der Waals surface area contributed by atoms with Crippen LogP contribution in [0, 0.1) is 13.8 Å². The summed E-state index contributed by atoms with van der Waals surface area (Å²) in [6, 6.07) is 11.4. The zero-order valence-electron chi connectivity index (χ0n) is 15.2. The van der Waals surface area contributed by atoms with Crippen LogP contribution in [0.1, 0.15) is 24.0 Å². The number of aryl methyl sites for hydroxylation is 2. The maximum Gasteiger partial charge on any atom is 0.224 e. The fourth-order valence-corrected chi connectivity index (χ4v) is 2.51.